The van der Waals surface area contributed by atoms with Crippen LogP contribution in [0.2, 0.25) is 0 Å². The largest absolute Gasteiger partial charge is 0.383 e. The van der Waals surface area contributed by atoms with Gasteiger partial charge in [0.05, 0.1) is 6.21 Å². The first-order valence-corrected chi connectivity index (χ1v) is 9.72. The Balaban J connectivity index is 1.70. The van der Waals surface area contributed by atoms with E-state index in [-0.39, 0.29) is 0 Å². The monoisotopic (exact) mass is 357 g/mol. The molecular weight excluding hydrogens is 330 g/mol. The maximum absolute atomic E-state index is 5.63. The SMILES string of the molecule is Cc1cc(C=NNc2nc(N)cs2)c(C)c(CN2CCC(C)CC2)c1. The molecule has 1 aromatic heterocycles. The molecule has 1 aliphatic rings. The number of hydrogen-bond donors (Lipinski definition) is 2. The number of aromatic nitrogens is 1. The van der Waals surface area contributed by atoms with Crippen molar-refractivity contribution >= 4 is 28.5 Å². The normalized spacial score (nSPS) is 16.6. The Labute approximate surface area is 154 Å². The Morgan fingerprint density at radius 2 is 2.12 bits per heavy atom. The molecule has 0 atom stereocenters. The van der Waals surface area contributed by atoms with Gasteiger partial charge in [0.2, 0.25) is 5.13 Å². The van der Waals surface area contributed by atoms with Crippen molar-refractivity contribution in [3.63, 3.8) is 0 Å². The highest BCUT2D eigenvalue weighted by Crippen LogP contribution is 2.22. The summed E-state index contributed by atoms with van der Waals surface area (Å²) in [6, 6.07) is 4.48. The Kier molecular flexibility index (Phi) is 5.71. The smallest absolute Gasteiger partial charge is 0.205 e. The lowest BCUT2D eigenvalue weighted by Gasteiger charge is -2.30. The van der Waals surface area contributed by atoms with Gasteiger partial charge in [0.15, 0.2) is 0 Å². The number of likely N-dealkylation sites (tertiary alicyclic amines) is 1. The van der Waals surface area contributed by atoms with E-state index in [1.807, 2.05) is 6.21 Å². The molecule has 1 aromatic carbocycles. The lowest BCUT2D eigenvalue weighted by atomic mass is 9.96. The van der Waals surface area contributed by atoms with Crippen LogP contribution in [0.5, 0.6) is 0 Å². The standard InChI is InChI=1S/C19H27N5S/c1-13-4-6-24(7-5-13)11-17-9-14(2)8-16(15(17)3)10-21-23-19-22-18(20)12-25-19/h8-10,12-13H,4-7,11,20H2,1-3H3,(H,22,23). The summed E-state index contributed by atoms with van der Waals surface area (Å²) < 4.78 is 0. The van der Waals surface area contributed by atoms with Crippen LogP contribution in [0.3, 0.4) is 0 Å². The summed E-state index contributed by atoms with van der Waals surface area (Å²) in [4.78, 5) is 6.72. The van der Waals surface area contributed by atoms with Crippen molar-refractivity contribution in [3.05, 3.63) is 39.8 Å². The van der Waals surface area contributed by atoms with Crippen molar-refractivity contribution < 1.29 is 0 Å². The van der Waals surface area contributed by atoms with Gasteiger partial charge in [-0.05, 0) is 62.4 Å². The summed E-state index contributed by atoms with van der Waals surface area (Å²) in [6.07, 6.45) is 4.49. The van der Waals surface area contributed by atoms with Gasteiger partial charge in [-0.15, -0.1) is 11.3 Å². The van der Waals surface area contributed by atoms with Crippen LogP contribution in [0.1, 0.15) is 42.0 Å². The molecule has 0 aliphatic carbocycles. The second kappa shape index (κ2) is 7.97. The molecule has 25 heavy (non-hydrogen) atoms. The molecule has 3 rings (SSSR count). The average Bonchev–Trinajstić information content (AvgIpc) is 2.99. The first-order valence-electron chi connectivity index (χ1n) is 8.84. The summed E-state index contributed by atoms with van der Waals surface area (Å²) in [5, 5.41) is 6.84. The lowest BCUT2D eigenvalue weighted by Crippen LogP contribution is -2.32. The maximum Gasteiger partial charge on any atom is 0.205 e. The molecule has 5 nitrogen and oxygen atoms in total. The molecule has 0 unspecified atom stereocenters. The fraction of sp³-hybridized carbons (Fsp3) is 0.474. The van der Waals surface area contributed by atoms with Crippen LogP contribution in [0.4, 0.5) is 10.9 Å². The van der Waals surface area contributed by atoms with Crippen LogP contribution in [0.25, 0.3) is 0 Å². The van der Waals surface area contributed by atoms with E-state index in [9.17, 15) is 0 Å². The molecule has 0 amide bonds. The van der Waals surface area contributed by atoms with E-state index < -0.39 is 0 Å². The van der Waals surface area contributed by atoms with Gasteiger partial charge in [-0.3, -0.25) is 10.3 Å². The zero-order valence-electron chi connectivity index (χ0n) is 15.2. The van der Waals surface area contributed by atoms with E-state index in [0.717, 1.165) is 18.0 Å². The molecule has 3 N–H and O–H groups in total. The van der Waals surface area contributed by atoms with Crippen molar-refractivity contribution in [3.8, 4) is 0 Å². The van der Waals surface area contributed by atoms with E-state index in [0.29, 0.717) is 10.9 Å². The van der Waals surface area contributed by atoms with Crippen LogP contribution >= 0.6 is 11.3 Å². The van der Waals surface area contributed by atoms with Crippen LogP contribution in [-0.2, 0) is 6.54 Å². The Morgan fingerprint density at radius 3 is 2.80 bits per heavy atom. The van der Waals surface area contributed by atoms with E-state index in [1.165, 1.54) is 54.0 Å². The van der Waals surface area contributed by atoms with Gasteiger partial charge < -0.3 is 5.73 Å². The van der Waals surface area contributed by atoms with Gasteiger partial charge in [0.25, 0.3) is 0 Å². The second-order valence-electron chi connectivity index (χ2n) is 7.04. The van der Waals surface area contributed by atoms with Crippen molar-refractivity contribution in [1.82, 2.24) is 9.88 Å². The number of thiazole rings is 1. The number of nitrogen functional groups attached to an aromatic ring is 1. The minimum Gasteiger partial charge on any atom is -0.383 e. The molecule has 1 fully saturated rings. The third kappa shape index (κ3) is 4.80. The van der Waals surface area contributed by atoms with Gasteiger partial charge in [0, 0.05) is 11.9 Å². The number of rotatable bonds is 5. The van der Waals surface area contributed by atoms with Crippen LogP contribution in [-0.4, -0.2) is 29.2 Å². The van der Waals surface area contributed by atoms with E-state index >= 15 is 0 Å². The van der Waals surface area contributed by atoms with Crippen molar-refractivity contribution in [2.24, 2.45) is 11.0 Å². The number of piperidine rings is 1. The molecule has 1 aliphatic heterocycles. The van der Waals surface area contributed by atoms with Crippen molar-refractivity contribution in [2.45, 2.75) is 40.2 Å². The number of nitrogens with zero attached hydrogens (tertiary/aromatic N) is 3. The summed E-state index contributed by atoms with van der Waals surface area (Å²) in [7, 11) is 0. The maximum atomic E-state index is 5.63. The fourth-order valence-electron chi connectivity index (χ4n) is 3.22. The number of hydrogen-bond acceptors (Lipinski definition) is 6. The third-order valence-corrected chi connectivity index (χ3v) is 5.62. The number of hydrazone groups is 1. The number of nitrogens with one attached hydrogen (secondary N) is 1. The molecule has 0 saturated carbocycles. The summed E-state index contributed by atoms with van der Waals surface area (Å²) in [5.74, 6) is 1.39. The molecule has 2 aromatic rings. The number of benzene rings is 1. The minimum absolute atomic E-state index is 0.521. The topological polar surface area (TPSA) is 66.5 Å². The van der Waals surface area contributed by atoms with Crippen LogP contribution in [0.15, 0.2) is 22.6 Å². The molecule has 6 heteroatoms. The van der Waals surface area contributed by atoms with Gasteiger partial charge in [0.1, 0.15) is 5.82 Å². The third-order valence-electron chi connectivity index (χ3n) is 4.86. The van der Waals surface area contributed by atoms with Gasteiger partial charge >= 0.3 is 0 Å². The van der Waals surface area contributed by atoms with Gasteiger partial charge in [-0.25, -0.2) is 4.98 Å². The Hall–Kier alpha value is -1.92. The molecule has 0 radical (unpaired) electrons. The molecule has 0 bridgehead atoms. The molecule has 0 spiro atoms. The highest BCUT2D eigenvalue weighted by atomic mass is 32.1. The number of nitrogens with two attached hydrogens (primary N) is 1. The Morgan fingerprint density at radius 1 is 1.36 bits per heavy atom. The van der Waals surface area contributed by atoms with Gasteiger partial charge in [-0.2, -0.15) is 5.10 Å². The van der Waals surface area contributed by atoms with Crippen LogP contribution in [0, 0.1) is 19.8 Å². The van der Waals surface area contributed by atoms with Crippen LogP contribution < -0.4 is 11.2 Å². The molecule has 2 heterocycles. The quantitative estimate of drug-likeness (QED) is 0.626. The fourth-order valence-corrected chi connectivity index (χ4v) is 3.77. The minimum atomic E-state index is 0.521. The van der Waals surface area contributed by atoms with E-state index in [1.54, 1.807) is 5.38 Å². The zero-order chi connectivity index (χ0) is 17.8. The predicted molar refractivity (Wildman–Crippen MR) is 107 cm³/mol. The first-order chi connectivity index (χ1) is 12.0. The zero-order valence-corrected chi connectivity index (χ0v) is 16.1. The lowest BCUT2D eigenvalue weighted by molar-refractivity contribution is 0.185. The van der Waals surface area contributed by atoms with Crippen molar-refractivity contribution in [1.29, 1.82) is 0 Å². The summed E-state index contributed by atoms with van der Waals surface area (Å²) >= 11 is 1.45. The molecule has 1 saturated heterocycles. The Bertz CT molecular complexity index is 744. The second-order valence-corrected chi connectivity index (χ2v) is 7.90. The highest BCUT2D eigenvalue weighted by Gasteiger charge is 2.17. The predicted octanol–water partition coefficient (Wildman–Crippen LogP) is 4.02. The average molecular weight is 358 g/mol. The molecular formula is C19H27N5S. The highest BCUT2D eigenvalue weighted by molar-refractivity contribution is 7.14. The molecule has 134 valence electrons. The first kappa shape index (κ1) is 17.9. The van der Waals surface area contributed by atoms with E-state index in [4.69, 9.17) is 5.73 Å². The summed E-state index contributed by atoms with van der Waals surface area (Å²) in [6.45, 7) is 10.1. The number of aryl methyl sites for hydroxylation is 1. The van der Waals surface area contributed by atoms with E-state index in [2.05, 4.69) is 53.3 Å². The van der Waals surface area contributed by atoms with Gasteiger partial charge in [-0.1, -0.05) is 24.6 Å². The number of anilines is 2. The summed E-state index contributed by atoms with van der Waals surface area (Å²) in [5.41, 5.74) is 13.7. The van der Waals surface area contributed by atoms with Crippen molar-refractivity contribution in [2.75, 3.05) is 24.2 Å².